The molecule has 37 heavy (non-hydrogen) atoms. The van der Waals surface area contributed by atoms with Gasteiger partial charge < -0.3 is 30.6 Å². The molecular formula is C29H58O8. The Balaban J connectivity index is 0. The van der Waals surface area contributed by atoms with Crippen LogP contribution in [0.4, 0.5) is 0 Å². The maximum atomic E-state index is 10.5. The number of carboxylic acid groups (broad SMARTS) is 1. The molecule has 0 saturated heterocycles. The average molecular weight is 535 g/mol. The summed E-state index contributed by atoms with van der Waals surface area (Å²) in [5.41, 5.74) is 0. The largest absolute Gasteiger partial charge is 0.481 e. The Morgan fingerprint density at radius 1 is 0.568 bits per heavy atom. The van der Waals surface area contributed by atoms with Crippen molar-refractivity contribution in [3.8, 4) is 0 Å². The lowest BCUT2D eigenvalue weighted by atomic mass is 10.0. The lowest BCUT2D eigenvalue weighted by molar-refractivity contribution is -0.145. The molecule has 0 aliphatic heterocycles. The maximum absolute atomic E-state index is 10.5. The van der Waals surface area contributed by atoms with Gasteiger partial charge >= 0.3 is 5.97 Å². The average Bonchev–Trinajstić information content (AvgIpc) is 2.88. The Hall–Kier alpha value is -1.06. The number of hydrogen-bond donors (Lipinski definition) is 6. The standard InChI is InChI=1S/C22H44O2.C7H14O6/c1-2-3-4-5-6-7-8-9-10-11-12-13-14-15-16-17-18-19-20-21-22(23)24;1-3(9)5(11)7(13)6(12)4(10)2-8/h2-21H2,1H3,(H,23,24);4-8,10-13H,2H2,1H3/t;4-,5+,6-,7-/m.1/s1. The van der Waals surface area contributed by atoms with E-state index in [1.807, 2.05) is 0 Å². The number of rotatable bonds is 25. The lowest BCUT2D eigenvalue weighted by Gasteiger charge is -2.23. The molecule has 0 fully saturated rings. The molecule has 0 saturated carbocycles. The van der Waals surface area contributed by atoms with Crippen molar-refractivity contribution in [2.75, 3.05) is 6.61 Å². The van der Waals surface area contributed by atoms with E-state index in [2.05, 4.69) is 6.92 Å². The molecule has 0 unspecified atom stereocenters. The fraction of sp³-hybridized carbons (Fsp3) is 0.931. The number of carboxylic acids is 1. The highest BCUT2D eigenvalue weighted by Gasteiger charge is 2.32. The second-order valence-corrected chi connectivity index (χ2v) is 10.3. The van der Waals surface area contributed by atoms with Crippen LogP contribution in [-0.2, 0) is 9.59 Å². The number of carbonyl (C=O) groups is 2. The van der Waals surface area contributed by atoms with E-state index < -0.39 is 42.8 Å². The molecule has 0 spiro atoms. The summed E-state index contributed by atoms with van der Waals surface area (Å²) >= 11 is 0. The summed E-state index contributed by atoms with van der Waals surface area (Å²) in [6, 6.07) is 0. The molecule has 0 aliphatic rings. The first-order chi connectivity index (χ1) is 17.7. The van der Waals surface area contributed by atoms with Gasteiger partial charge in [0.25, 0.3) is 0 Å². The van der Waals surface area contributed by atoms with E-state index in [1.165, 1.54) is 109 Å². The Morgan fingerprint density at radius 2 is 0.892 bits per heavy atom. The molecule has 0 heterocycles. The van der Waals surface area contributed by atoms with E-state index in [0.717, 1.165) is 19.8 Å². The minimum Gasteiger partial charge on any atom is -0.481 e. The third kappa shape index (κ3) is 26.3. The van der Waals surface area contributed by atoms with Gasteiger partial charge in [-0.1, -0.05) is 122 Å². The number of hydrogen-bond acceptors (Lipinski definition) is 7. The summed E-state index contributed by atoms with van der Waals surface area (Å²) in [6.45, 7) is 2.56. The van der Waals surface area contributed by atoms with E-state index in [0.29, 0.717) is 6.42 Å². The first-order valence-electron chi connectivity index (χ1n) is 14.7. The van der Waals surface area contributed by atoms with Gasteiger partial charge in [-0.05, 0) is 13.3 Å². The summed E-state index contributed by atoms with van der Waals surface area (Å²) in [5.74, 6) is -1.38. The number of aliphatic hydroxyl groups excluding tert-OH is 5. The molecule has 6 N–H and O–H groups in total. The zero-order valence-corrected chi connectivity index (χ0v) is 23.7. The molecule has 4 atom stereocenters. The van der Waals surface area contributed by atoms with E-state index in [-0.39, 0.29) is 0 Å². The van der Waals surface area contributed by atoms with Crippen molar-refractivity contribution in [3.63, 3.8) is 0 Å². The minimum atomic E-state index is -1.79. The van der Waals surface area contributed by atoms with Gasteiger partial charge in [-0.3, -0.25) is 9.59 Å². The third-order valence-corrected chi connectivity index (χ3v) is 6.67. The van der Waals surface area contributed by atoms with Gasteiger partial charge in [-0.2, -0.15) is 0 Å². The predicted octanol–water partition coefficient (Wildman–Crippen LogP) is 4.90. The summed E-state index contributed by atoms with van der Waals surface area (Å²) in [5, 5.41) is 52.8. The van der Waals surface area contributed by atoms with Crippen molar-refractivity contribution < 1.29 is 40.2 Å². The highest BCUT2D eigenvalue weighted by Crippen LogP contribution is 2.14. The third-order valence-electron chi connectivity index (χ3n) is 6.67. The zero-order valence-electron chi connectivity index (χ0n) is 23.7. The summed E-state index contributed by atoms with van der Waals surface area (Å²) in [7, 11) is 0. The van der Waals surface area contributed by atoms with E-state index in [4.69, 9.17) is 30.6 Å². The van der Waals surface area contributed by atoms with Gasteiger partial charge in [0.05, 0.1) is 6.61 Å². The van der Waals surface area contributed by atoms with Gasteiger partial charge in [0.15, 0.2) is 5.78 Å². The summed E-state index contributed by atoms with van der Waals surface area (Å²) in [6.07, 6.45) is 19.2. The number of aliphatic hydroxyl groups is 5. The van der Waals surface area contributed by atoms with Crippen LogP contribution in [0.2, 0.25) is 0 Å². The van der Waals surface area contributed by atoms with Gasteiger partial charge in [0.2, 0.25) is 0 Å². The molecule has 8 heteroatoms. The molecule has 0 aromatic rings. The Labute approximate surface area is 225 Å². The van der Waals surface area contributed by atoms with Crippen LogP contribution < -0.4 is 0 Å². The van der Waals surface area contributed by atoms with Crippen LogP contribution in [-0.4, -0.2) is 73.4 Å². The number of ketones is 1. The highest BCUT2D eigenvalue weighted by molar-refractivity contribution is 5.80. The monoisotopic (exact) mass is 534 g/mol. The quantitative estimate of drug-likeness (QED) is 0.0903. The molecule has 0 radical (unpaired) electrons. The molecule has 222 valence electrons. The number of aliphatic carboxylic acids is 1. The van der Waals surface area contributed by atoms with Gasteiger partial charge in [-0.25, -0.2) is 0 Å². The Morgan fingerprint density at radius 3 is 1.16 bits per heavy atom. The van der Waals surface area contributed by atoms with Crippen molar-refractivity contribution in [2.24, 2.45) is 0 Å². The molecule has 0 amide bonds. The van der Waals surface area contributed by atoms with Crippen molar-refractivity contribution in [1.29, 1.82) is 0 Å². The van der Waals surface area contributed by atoms with Crippen LogP contribution in [0.5, 0.6) is 0 Å². The molecule has 0 aliphatic carbocycles. The smallest absolute Gasteiger partial charge is 0.303 e. The van der Waals surface area contributed by atoms with Crippen molar-refractivity contribution >= 4 is 11.8 Å². The SMILES string of the molecule is CC(=O)[C@H](O)[C@@H](O)[C@H](O)[C@H](O)CO.CCCCCCCCCCCCCCCCCCCCCC(=O)O. The highest BCUT2D eigenvalue weighted by atomic mass is 16.4. The van der Waals surface area contributed by atoms with Gasteiger partial charge in [-0.15, -0.1) is 0 Å². The predicted molar refractivity (Wildman–Crippen MR) is 147 cm³/mol. The Kier molecular flexibility index (Phi) is 28.8. The van der Waals surface area contributed by atoms with E-state index in [1.54, 1.807) is 0 Å². The number of carbonyl (C=O) groups excluding carboxylic acids is 1. The van der Waals surface area contributed by atoms with Gasteiger partial charge in [0, 0.05) is 6.42 Å². The first kappa shape index (κ1) is 38.1. The van der Waals surface area contributed by atoms with Crippen molar-refractivity contribution in [3.05, 3.63) is 0 Å². The fourth-order valence-electron chi connectivity index (χ4n) is 4.12. The van der Waals surface area contributed by atoms with Crippen LogP contribution >= 0.6 is 0 Å². The maximum Gasteiger partial charge on any atom is 0.303 e. The zero-order chi connectivity index (χ0) is 28.3. The minimum absolute atomic E-state index is 0.346. The van der Waals surface area contributed by atoms with Crippen LogP contribution in [0.25, 0.3) is 0 Å². The summed E-state index contributed by atoms with van der Waals surface area (Å²) < 4.78 is 0. The number of unbranched alkanes of at least 4 members (excludes halogenated alkanes) is 18. The van der Waals surface area contributed by atoms with Gasteiger partial charge in [0.1, 0.15) is 24.4 Å². The number of Topliss-reactive ketones (excluding diaryl/α,β-unsaturated/α-hetero) is 1. The summed E-state index contributed by atoms with van der Waals surface area (Å²) in [4.78, 5) is 20.9. The molecular weight excluding hydrogens is 476 g/mol. The normalized spacial score (nSPS) is 14.4. The second-order valence-electron chi connectivity index (χ2n) is 10.3. The van der Waals surface area contributed by atoms with E-state index >= 15 is 0 Å². The van der Waals surface area contributed by atoms with Crippen molar-refractivity contribution in [1.82, 2.24) is 0 Å². The molecule has 0 aromatic carbocycles. The molecule has 8 nitrogen and oxygen atoms in total. The molecule has 0 bridgehead atoms. The molecule has 0 rings (SSSR count). The van der Waals surface area contributed by atoms with Crippen LogP contribution in [0.3, 0.4) is 0 Å². The van der Waals surface area contributed by atoms with E-state index in [9.17, 15) is 9.59 Å². The molecule has 0 aromatic heterocycles. The topological polar surface area (TPSA) is 156 Å². The van der Waals surface area contributed by atoms with Crippen LogP contribution in [0.1, 0.15) is 142 Å². The second kappa shape index (κ2) is 28.0. The fourth-order valence-corrected chi connectivity index (χ4v) is 4.12. The van der Waals surface area contributed by atoms with Crippen LogP contribution in [0, 0.1) is 0 Å². The van der Waals surface area contributed by atoms with Crippen molar-refractivity contribution in [2.45, 2.75) is 167 Å². The van der Waals surface area contributed by atoms with Crippen LogP contribution in [0.15, 0.2) is 0 Å². The Bertz CT molecular complexity index is 514. The first-order valence-corrected chi connectivity index (χ1v) is 14.7. The lowest BCUT2D eigenvalue weighted by Crippen LogP contribution is -2.48.